The lowest BCUT2D eigenvalue weighted by Gasteiger charge is -2.20. The summed E-state index contributed by atoms with van der Waals surface area (Å²) in [7, 11) is 0. The van der Waals surface area contributed by atoms with Crippen LogP contribution in [0.4, 0.5) is 0 Å². The van der Waals surface area contributed by atoms with Crippen molar-refractivity contribution in [3.63, 3.8) is 0 Å². The Morgan fingerprint density at radius 3 is 1.90 bits per heavy atom. The molecule has 0 bridgehead atoms. The lowest BCUT2D eigenvalue weighted by molar-refractivity contribution is 0.668. The minimum Gasteiger partial charge on any atom is -0.456 e. The number of allylic oxidation sites excluding steroid dienone is 5. The Bertz CT molecular complexity index is 4100. The van der Waals surface area contributed by atoms with Crippen molar-refractivity contribution in [1.29, 1.82) is 0 Å². The van der Waals surface area contributed by atoms with E-state index in [1.165, 1.54) is 33.3 Å². The SMILES string of the molecule is C1=Cc2c(n(-c3c(-c4cc(-c5nc(C6=CCC(c7ccccc7)C=C6)nc(-c6ccccc6)n5)cc5oc6ccccc6c45)ccc4oc5ccccc5c34)c3ccc(-c4ccccc4)cc23)CC1. The van der Waals surface area contributed by atoms with Crippen LogP contribution in [0.5, 0.6) is 0 Å². The molecule has 1 atom stereocenters. The maximum atomic E-state index is 6.85. The Balaban J connectivity index is 1.04. The van der Waals surface area contributed by atoms with Gasteiger partial charge in [-0.2, -0.15) is 0 Å². The van der Waals surface area contributed by atoms with Gasteiger partial charge >= 0.3 is 0 Å². The number of benzene rings is 8. The van der Waals surface area contributed by atoms with Crippen LogP contribution < -0.4 is 0 Å². The molecule has 6 heteroatoms. The van der Waals surface area contributed by atoms with Gasteiger partial charge in [-0.25, -0.2) is 15.0 Å². The van der Waals surface area contributed by atoms with Gasteiger partial charge in [0, 0.05) is 61.0 Å². The smallest absolute Gasteiger partial charge is 0.164 e. The van der Waals surface area contributed by atoms with Crippen LogP contribution in [0.25, 0.3) is 117 Å². The average Bonchev–Trinajstić information content (AvgIpc) is 4.11. The minimum atomic E-state index is 0.284. The lowest BCUT2D eigenvalue weighted by Crippen LogP contribution is -2.06. The number of rotatable bonds is 7. The molecule has 12 aromatic rings. The standard InChI is InChI=1S/C63H42N4O2/c1-4-16-39(17-5-1)41-28-30-43(31-29-41)62-64-61(42-20-8-3-9-21-42)65-63(66-62)45-37-51(58-48-23-11-14-26-54(48)69-57(58)38-45)47-33-35-56-59(49-24-12-15-27-55(49)68-56)60(47)67-52-25-13-10-22-46(52)50-36-44(32-34-53(50)67)40-18-6-2-7-19-40/h1-12,14-24,26-28,30-38,41H,13,25,29H2. The molecule has 2 aliphatic carbocycles. The summed E-state index contributed by atoms with van der Waals surface area (Å²) < 4.78 is 16.1. The zero-order valence-electron chi connectivity index (χ0n) is 37.5. The largest absolute Gasteiger partial charge is 0.456 e. The van der Waals surface area contributed by atoms with Crippen LogP contribution >= 0.6 is 0 Å². The van der Waals surface area contributed by atoms with Crippen LogP contribution in [0.2, 0.25) is 0 Å². The summed E-state index contributed by atoms with van der Waals surface area (Å²) in [6.07, 6.45) is 14.0. The second-order valence-electron chi connectivity index (χ2n) is 18.1. The van der Waals surface area contributed by atoms with Crippen molar-refractivity contribution in [3.8, 4) is 50.7 Å². The molecular weight excluding hydrogens is 845 g/mol. The second kappa shape index (κ2) is 15.9. The molecule has 0 fully saturated rings. The van der Waals surface area contributed by atoms with Gasteiger partial charge in [0.05, 0.1) is 16.6 Å². The van der Waals surface area contributed by atoms with E-state index in [4.69, 9.17) is 23.8 Å². The Morgan fingerprint density at radius 2 is 1.14 bits per heavy atom. The Morgan fingerprint density at radius 1 is 0.478 bits per heavy atom. The summed E-state index contributed by atoms with van der Waals surface area (Å²) in [6, 6.07) is 64.0. The van der Waals surface area contributed by atoms with Gasteiger partial charge in [-0.05, 0) is 90.0 Å². The fourth-order valence-electron chi connectivity index (χ4n) is 10.8. The van der Waals surface area contributed by atoms with Crippen LogP contribution in [0.3, 0.4) is 0 Å². The van der Waals surface area contributed by atoms with Crippen LogP contribution in [0.15, 0.2) is 215 Å². The van der Waals surface area contributed by atoms with E-state index < -0.39 is 0 Å². The normalized spacial score (nSPS) is 14.6. The first kappa shape index (κ1) is 39.3. The predicted octanol–water partition coefficient (Wildman–Crippen LogP) is 16.4. The highest BCUT2D eigenvalue weighted by molar-refractivity contribution is 6.19. The zero-order valence-corrected chi connectivity index (χ0v) is 37.5. The van der Waals surface area contributed by atoms with Crippen molar-refractivity contribution in [2.45, 2.75) is 25.2 Å². The quantitative estimate of drug-likeness (QED) is 0.159. The van der Waals surface area contributed by atoms with E-state index >= 15 is 0 Å². The maximum Gasteiger partial charge on any atom is 0.164 e. The molecule has 0 saturated heterocycles. The van der Waals surface area contributed by atoms with Crippen molar-refractivity contribution in [1.82, 2.24) is 19.5 Å². The molecule has 0 radical (unpaired) electrons. The molecule has 4 aromatic heterocycles. The minimum absolute atomic E-state index is 0.284. The highest BCUT2D eigenvalue weighted by Gasteiger charge is 2.28. The molecule has 0 saturated carbocycles. The van der Waals surface area contributed by atoms with Gasteiger partial charge in [0.25, 0.3) is 0 Å². The van der Waals surface area contributed by atoms with Gasteiger partial charge in [0.1, 0.15) is 22.3 Å². The van der Waals surface area contributed by atoms with Crippen LogP contribution in [-0.4, -0.2) is 19.5 Å². The van der Waals surface area contributed by atoms with Crippen molar-refractivity contribution in [2.24, 2.45) is 0 Å². The third-order valence-electron chi connectivity index (χ3n) is 14.1. The molecule has 0 aliphatic heterocycles. The van der Waals surface area contributed by atoms with E-state index in [2.05, 4.69) is 187 Å². The summed E-state index contributed by atoms with van der Waals surface area (Å²) in [5.41, 5.74) is 16.5. The molecule has 0 amide bonds. The number of hydrogen-bond acceptors (Lipinski definition) is 5. The summed E-state index contributed by atoms with van der Waals surface area (Å²) in [6.45, 7) is 0. The molecular formula is C63H42N4O2. The fourth-order valence-corrected chi connectivity index (χ4v) is 10.8. The number of furan rings is 2. The molecule has 14 rings (SSSR count). The topological polar surface area (TPSA) is 69.9 Å². The predicted molar refractivity (Wildman–Crippen MR) is 281 cm³/mol. The summed E-state index contributed by atoms with van der Waals surface area (Å²) in [4.78, 5) is 15.7. The first-order valence-corrected chi connectivity index (χ1v) is 23.8. The van der Waals surface area contributed by atoms with Crippen molar-refractivity contribution in [3.05, 3.63) is 229 Å². The molecule has 326 valence electrons. The molecule has 6 nitrogen and oxygen atoms in total. The number of hydrogen-bond donors (Lipinski definition) is 0. The molecule has 4 heterocycles. The summed E-state index contributed by atoms with van der Waals surface area (Å²) in [5.74, 6) is 2.10. The van der Waals surface area contributed by atoms with E-state index in [0.29, 0.717) is 17.5 Å². The molecule has 1 unspecified atom stereocenters. The van der Waals surface area contributed by atoms with Crippen LogP contribution in [0.1, 0.15) is 41.4 Å². The summed E-state index contributed by atoms with van der Waals surface area (Å²) >= 11 is 0. The molecule has 0 N–H and O–H groups in total. The lowest BCUT2D eigenvalue weighted by atomic mass is 9.90. The Kier molecular flexibility index (Phi) is 9.05. The third-order valence-corrected chi connectivity index (χ3v) is 14.1. The molecule has 0 spiro atoms. The van der Waals surface area contributed by atoms with E-state index in [9.17, 15) is 0 Å². The van der Waals surface area contributed by atoms with Crippen LogP contribution in [0, 0.1) is 0 Å². The van der Waals surface area contributed by atoms with Crippen LogP contribution in [-0.2, 0) is 6.42 Å². The Labute approximate surface area is 397 Å². The molecule has 69 heavy (non-hydrogen) atoms. The van der Waals surface area contributed by atoms with Gasteiger partial charge in [0.15, 0.2) is 17.5 Å². The molecule has 8 aromatic carbocycles. The molecule has 2 aliphatic rings. The van der Waals surface area contributed by atoms with E-state index in [1.807, 2.05) is 30.3 Å². The Hall–Kier alpha value is -8.87. The zero-order chi connectivity index (χ0) is 45.4. The van der Waals surface area contributed by atoms with E-state index in [1.54, 1.807) is 0 Å². The number of fused-ring (bicyclic) bond motifs is 9. The number of nitrogens with zero attached hydrogens (tertiary/aromatic N) is 4. The third kappa shape index (κ3) is 6.51. The number of para-hydroxylation sites is 2. The highest BCUT2D eigenvalue weighted by atomic mass is 16.3. The first-order valence-electron chi connectivity index (χ1n) is 23.8. The highest BCUT2D eigenvalue weighted by Crippen LogP contribution is 2.48. The van der Waals surface area contributed by atoms with Crippen molar-refractivity contribution in [2.75, 3.05) is 0 Å². The van der Waals surface area contributed by atoms with E-state index in [-0.39, 0.29) is 5.92 Å². The van der Waals surface area contributed by atoms with Gasteiger partial charge < -0.3 is 13.4 Å². The van der Waals surface area contributed by atoms with Gasteiger partial charge in [-0.15, -0.1) is 0 Å². The average molecular weight is 887 g/mol. The van der Waals surface area contributed by atoms with E-state index in [0.717, 1.165) is 102 Å². The van der Waals surface area contributed by atoms with Gasteiger partial charge in [0.2, 0.25) is 0 Å². The van der Waals surface area contributed by atoms with Gasteiger partial charge in [-0.1, -0.05) is 164 Å². The maximum absolute atomic E-state index is 6.85. The monoisotopic (exact) mass is 886 g/mol. The van der Waals surface area contributed by atoms with Crippen molar-refractivity contribution < 1.29 is 8.83 Å². The summed E-state index contributed by atoms with van der Waals surface area (Å²) in [5, 5.41) is 5.42. The first-order chi connectivity index (χ1) is 34.2. The van der Waals surface area contributed by atoms with Gasteiger partial charge in [-0.3, -0.25) is 0 Å². The number of aromatic nitrogens is 4. The fraction of sp³-hybridized carbons (Fsp3) is 0.0635. The second-order valence-corrected chi connectivity index (χ2v) is 18.1. The van der Waals surface area contributed by atoms with Crippen molar-refractivity contribution >= 4 is 66.4 Å².